The Labute approximate surface area is 187 Å². The number of ether oxygens (including phenoxy) is 3. The fraction of sp³-hybridized carbons (Fsp3) is 0.520. The highest BCUT2D eigenvalue weighted by atomic mass is 19.4. The zero-order chi connectivity index (χ0) is 22.7. The van der Waals surface area contributed by atoms with E-state index < -0.39 is 11.7 Å². The van der Waals surface area contributed by atoms with Crippen LogP contribution in [0.5, 0.6) is 11.5 Å². The van der Waals surface area contributed by atoms with Gasteiger partial charge in [0, 0.05) is 31.7 Å². The van der Waals surface area contributed by atoms with E-state index in [-0.39, 0.29) is 23.9 Å². The van der Waals surface area contributed by atoms with Gasteiger partial charge in [-0.3, -0.25) is 4.90 Å². The van der Waals surface area contributed by atoms with E-state index in [1.165, 1.54) is 11.6 Å². The van der Waals surface area contributed by atoms with E-state index in [9.17, 15) is 13.2 Å². The van der Waals surface area contributed by atoms with E-state index in [0.29, 0.717) is 12.6 Å². The van der Waals surface area contributed by atoms with Crippen molar-refractivity contribution < 1.29 is 27.4 Å². The highest BCUT2D eigenvalue weighted by molar-refractivity contribution is 5.32. The first kappa shape index (κ1) is 22.9. The average Bonchev–Trinajstić information content (AvgIpc) is 3.27. The second kappa shape index (κ2) is 9.71. The van der Waals surface area contributed by atoms with Crippen LogP contribution in [0.2, 0.25) is 0 Å². The molecule has 0 radical (unpaired) electrons. The van der Waals surface area contributed by atoms with Gasteiger partial charge in [-0.2, -0.15) is 13.2 Å². The molecule has 32 heavy (non-hydrogen) atoms. The lowest BCUT2D eigenvalue weighted by atomic mass is 9.88. The van der Waals surface area contributed by atoms with Gasteiger partial charge in [0.1, 0.15) is 17.6 Å². The van der Waals surface area contributed by atoms with Crippen molar-refractivity contribution in [3.05, 3.63) is 59.7 Å². The van der Waals surface area contributed by atoms with Crippen LogP contribution in [0.4, 0.5) is 13.2 Å². The van der Waals surface area contributed by atoms with Crippen LogP contribution in [0.25, 0.3) is 0 Å². The number of likely N-dealkylation sites (tertiary alicyclic amines) is 1. The molecule has 174 valence electrons. The van der Waals surface area contributed by atoms with Crippen LogP contribution in [0.15, 0.2) is 48.5 Å². The summed E-state index contributed by atoms with van der Waals surface area (Å²) in [5, 5.41) is 0. The second-order valence-electron chi connectivity index (χ2n) is 8.70. The van der Waals surface area contributed by atoms with Crippen molar-refractivity contribution in [1.29, 1.82) is 0 Å². The molecule has 0 spiro atoms. The Balaban J connectivity index is 1.35. The molecular formula is C25H30F3NO3. The molecule has 2 aromatic rings. The molecule has 2 aromatic carbocycles. The van der Waals surface area contributed by atoms with Gasteiger partial charge in [0.05, 0.1) is 18.8 Å². The maximum atomic E-state index is 13.0. The van der Waals surface area contributed by atoms with E-state index >= 15 is 0 Å². The average molecular weight is 450 g/mol. The summed E-state index contributed by atoms with van der Waals surface area (Å²) < 4.78 is 56.3. The number of methoxy groups -OCH3 is 1. The maximum Gasteiger partial charge on any atom is 0.416 e. The van der Waals surface area contributed by atoms with Crippen LogP contribution in [-0.2, 0) is 10.9 Å². The van der Waals surface area contributed by atoms with Gasteiger partial charge < -0.3 is 14.2 Å². The van der Waals surface area contributed by atoms with E-state index in [2.05, 4.69) is 24.0 Å². The Morgan fingerprint density at radius 1 is 1.06 bits per heavy atom. The fourth-order valence-corrected chi connectivity index (χ4v) is 4.75. The molecule has 0 bridgehead atoms. The molecule has 4 nitrogen and oxygen atoms in total. The fourth-order valence-electron chi connectivity index (χ4n) is 4.75. The van der Waals surface area contributed by atoms with E-state index in [0.717, 1.165) is 50.2 Å². The van der Waals surface area contributed by atoms with E-state index in [4.69, 9.17) is 14.2 Å². The monoisotopic (exact) mass is 449 g/mol. The third kappa shape index (κ3) is 5.38. The highest BCUT2D eigenvalue weighted by Crippen LogP contribution is 2.34. The molecule has 0 saturated carbocycles. The summed E-state index contributed by atoms with van der Waals surface area (Å²) in [5.41, 5.74) is 0.519. The Hall–Kier alpha value is -2.25. The van der Waals surface area contributed by atoms with Crippen molar-refractivity contribution in [2.45, 2.75) is 56.5 Å². The van der Waals surface area contributed by atoms with Crippen molar-refractivity contribution >= 4 is 0 Å². The Morgan fingerprint density at radius 2 is 1.84 bits per heavy atom. The summed E-state index contributed by atoms with van der Waals surface area (Å²) in [6.45, 7) is 4.50. The zero-order valence-electron chi connectivity index (χ0n) is 18.5. The second-order valence-corrected chi connectivity index (χ2v) is 8.70. The minimum absolute atomic E-state index is 0.101. The molecular weight excluding hydrogens is 419 g/mol. The topological polar surface area (TPSA) is 30.9 Å². The molecule has 0 aliphatic carbocycles. The van der Waals surface area contributed by atoms with Crippen LogP contribution in [-0.4, -0.2) is 50.0 Å². The normalized spacial score (nSPS) is 25.5. The summed E-state index contributed by atoms with van der Waals surface area (Å²) in [6.07, 6.45) is -1.66. The molecule has 2 aliphatic heterocycles. The lowest BCUT2D eigenvalue weighted by molar-refractivity contribution is -0.137. The van der Waals surface area contributed by atoms with Gasteiger partial charge in [-0.1, -0.05) is 25.1 Å². The van der Waals surface area contributed by atoms with Crippen molar-refractivity contribution in [2.75, 3.05) is 26.8 Å². The van der Waals surface area contributed by atoms with Crippen molar-refractivity contribution in [3.8, 4) is 11.5 Å². The number of nitrogens with zero attached hydrogens (tertiary/aromatic N) is 1. The number of rotatable bonds is 6. The summed E-state index contributed by atoms with van der Waals surface area (Å²) in [6, 6.07) is 13.6. The Bertz CT molecular complexity index is 904. The summed E-state index contributed by atoms with van der Waals surface area (Å²) in [7, 11) is 1.67. The molecule has 2 saturated heterocycles. The minimum atomic E-state index is -4.36. The quantitative estimate of drug-likeness (QED) is 0.581. The number of hydrogen-bond donors (Lipinski definition) is 0. The van der Waals surface area contributed by atoms with Crippen molar-refractivity contribution in [2.24, 2.45) is 0 Å². The third-order valence-electron chi connectivity index (χ3n) is 6.62. The van der Waals surface area contributed by atoms with Crippen LogP contribution in [0.3, 0.4) is 0 Å². The Kier molecular flexibility index (Phi) is 6.96. The molecule has 7 heteroatoms. The van der Waals surface area contributed by atoms with E-state index in [1.54, 1.807) is 13.2 Å². The lowest BCUT2D eigenvalue weighted by Gasteiger charge is -2.38. The van der Waals surface area contributed by atoms with Crippen molar-refractivity contribution in [3.63, 3.8) is 0 Å². The van der Waals surface area contributed by atoms with Crippen LogP contribution in [0.1, 0.15) is 43.2 Å². The van der Waals surface area contributed by atoms with Crippen LogP contribution in [0, 0.1) is 0 Å². The predicted molar refractivity (Wildman–Crippen MR) is 116 cm³/mol. The first-order valence-corrected chi connectivity index (χ1v) is 11.2. The molecule has 0 aromatic heterocycles. The molecule has 2 aliphatic rings. The van der Waals surface area contributed by atoms with Gasteiger partial charge in [0.15, 0.2) is 0 Å². The molecule has 4 atom stereocenters. The van der Waals surface area contributed by atoms with Gasteiger partial charge in [0.2, 0.25) is 0 Å². The highest BCUT2D eigenvalue weighted by Gasteiger charge is 2.36. The summed E-state index contributed by atoms with van der Waals surface area (Å²) in [5.74, 6) is 1.37. The molecule has 4 rings (SSSR count). The first-order chi connectivity index (χ1) is 15.3. The minimum Gasteiger partial charge on any atom is -0.497 e. The van der Waals surface area contributed by atoms with Gasteiger partial charge in [-0.15, -0.1) is 0 Å². The van der Waals surface area contributed by atoms with Crippen molar-refractivity contribution in [1.82, 2.24) is 4.90 Å². The molecule has 2 fully saturated rings. The number of benzene rings is 2. The third-order valence-corrected chi connectivity index (χ3v) is 6.62. The molecule has 0 N–H and O–H groups in total. The van der Waals surface area contributed by atoms with Gasteiger partial charge in [-0.25, -0.2) is 0 Å². The van der Waals surface area contributed by atoms with Gasteiger partial charge in [0.25, 0.3) is 0 Å². The van der Waals surface area contributed by atoms with Gasteiger partial charge >= 0.3 is 6.18 Å². The number of hydrogen-bond acceptors (Lipinski definition) is 4. The first-order valence-electron chi connectivity index (χ1n) is 11.2. The summed E-state index contributed by atoms with van der Waals surface area (Å²) in [4.78, 5) is 2.41. The largest absolute Gasteiger partial charge is 0.497 e. The number of alkyl halides is 3. The zero-order valence-corrected chi connectivity index (χ0v) is 18.5. The van der Waals surface area contributed by atoms with Crippen LogP contribution < -0.4 is 9.47 Å². The SMILES string of the molecule is COc1cccc([C@H](C)C2CC(N3CCC(Oc4cccc(C(F)(F)F)c4)C3)CCO2)c1. The molecule has 2 heterocycles. The lowest BCUT2D eigenvalue weighted by Crippen LogP contribution is -2.43. The smallest absolute Gasteiger partial charge is 0.416 e. The number of halogens is 3. The molecule has 0 amide bonds. The van der Waals surface area contributed by atoms with E-state index in [1.807, 2.05) is 12.1 Å². The standard InChI is InChI=1S/C25H30F3NO3/c1-17(18-5-3-7-21(13-18)30-2)24-15-20(10-12-31-24)29-11-9-23(16-29)32-22-8-4-6-19(14-22)25(26,27)28/h3-8,13-14,17,20,23-24H,9-12,15-16H2,1-2H3/t17-,20?,23?,24?/m0/s1. The Morgan fingerprint density at radius 3 is 2.62 bits per heavy atom. The van der Waals surface area contributed by atoms with Crippen LogP contribution >= 0.6 is 0 Å². The van der Waals surface area contributed by atoms with Gasteiger partial charge in [-0.05, 0) is 55.2 Å². The summed E-state index contributed by atoms with van der Waals surface area (Å²) >= 11 is 0. The molecule has 3 unspecified atom stereocenters. The maximum absolute atomic E-state index is 13.0. The predicted octanol–water partition coefficient (Wildman–Crippen LogP) is 5.52.